The summed E-state index contributed by atoms with van der Waals surface area (Å²) >= 11 is 0. The predicted octanol–water partition coefficient (Wildman–Crippen LogP) is 1.45. The van der Waals surface area contributed by atoms with Crippen molar-refractivity contribution >= 4 is 0 Å². The molecule has 0 amide bonds. The summed E-state index contributed by atoms with van der Waals surface area (Å²) in [5, 5.41) is 8.95. The summed E-state index contributed by atoms with van der Waals surface area (Å²) in [5.74, 6) is 0. The number of nitrogens with zero attached hydrogens (tertiary/aromatic N) is 1. The number of nitrogens with one attached hydrogen (secondary N) is 1. The van der Waals surface area contributed by atoms with E-state index >= 15 is 0 Å². The molecule has 0 saturated heterocycles. The van der Waals surface area contributed by atoms with Crippen molar-refractivity contribution in [2.75, 3.05) is 0 Å². The van der Waals surface area contributed by atoms with E-state index in [-0.39, 0.29) is 6.04 Å². The molecule has 0 radical (unpaired) electrons. The molecule has 5 heteroatoms. The number of hydrogen-bond donors (Lipinski definition) is 2. The topological polar surface area (TPSA) is 81.2 Å². The fraction of sp³-hybridized carbons (Fsp3) is 1.00. The van der Waals surface area contributed by atoms with Gasteiger partial charge >= 0.3 is 0 Å². The quantitative estimate of drug-likeness (QED) is 0.525. The van der Waals surface area contributed by atoms with E-state index in [1.807, 2.05) is 5.43 Å². The molecule has 1 aliphatic carbocycles. The van der Waals surface area contributed by atoms with E-state index in [9.17, 15) is 10.1 Å². The van der Waals surface area contributed by atoms with Crippen molar-refractivity contribution in [3.63, 3.8) is 0 Å². The molecular formula is C9H21N3O2. The van der Waals surface area contributed by atoms with Crippen LogP contribution in [-0.4, -0.2) is 17.1 Å². The van der Waals surface area contributed by atoms with Crippen molar-refractivity contribution < 1.29 is 5.03 Å². The van der Waals surface area contributed by atoms with Crippen LogP contribution >= 0.6 is 0 Å². The van der Waals surface area contributed by atoms with Gasteiger partial charge in [-0.25, -0.2) is 10.1 Å². The molecule has 0 aromatic heterocycles. The van der Waals surface area contributed by atoms with Crippen LogP contribution in [0.2, 0.25) is 0 Å². The van der Waals surface area contributed by atoms with E-state index in [4.69, 9.17) is 5.73 Å². The average molecular weight is 203 g/mol. The van der Waals surface area contributed by atoms with Crippen LogP contribution in [0.3, 0.4) is 0 Å². The van der Waals surface area contributed by atoms with Gasteiger partial charge in [-0.3, -0.25) is 0 Å². The summed E-state index contributed by atoms with van der Waals surface area (Å²) < 4.78 is 0. The van der Waals surface area contributed by atoms with Gasteiger partial charge in [-0.15, -0.1) is 5.43 Å². The second-order valence-corrected chi connectivity index (χ2v) is 3.94. The first-order valence-electron chi connectivity index (χ1n) is 5.18. The summed E-state index contributed by atoms with van der Waals surface area (Å²) in [4.78, 5) is 9.50. The van der Waals surface area contributed by atoms with Crippen molar-refractivity contribution in [1.29, 1.82) is 0 Å². The lowest BCUT2D eigenvalue weighted by atomic mass is 9.97. The number of rotatable bonds is 2. The third-order valence-electron chi connectivity index (χ3n) is 2.01. The molecule has 0 bridgehead atoms. The van der Waals surface area contributed by atoms with Gasteiger partial charge in [-0.1, -0.05) is 19.3 Å². The minimum absolute atomic E-state index is 0.0741. The number of hydrazine groups is 1. The van der Waals surface area contributed by atoms with Crippen LogP contribution in [0, 0.1) is 10.1 Å². The largest absolute Gasteiger partial charge is 0.328 e. The first-order chi connectivity index (χ1) is 6.52. The Morgan fingerprint density at radius 2 is 1.86 bits per heavy atom. The average Bonchev–Trinajstić information content (AvgIpc) is 2.03. The minimum Gasteiger partial charge on any atom is -0.328 e. The van der Waals surface area contributed by atoms with Gasteiger partial charge in [0.15, 0.2) is 5.03 Å². The molecule has 1 fully saturated rings. The Morgan fingerprint density at radius 3 is 2.00 bits per heavy atom. The minimum atomic E-state index is -0.551. The highest BCUT2D eigenvalue weighted by Crippen LogP contribution is 2.14. The smallest absolute Gasteiger partial charge is 0.157 e. The van der Waals surface area contributed by atoms with Crippen molar-refractivity contribution in [3.05, 3.63) is 10.1 Å². The molecule has 3 N–H and O–H groups in total. The fourth-order valence-corrected chi connectivity index (χ4v) is 1.34. The molecule has 0 heterocycles. The Bertz CT molecular complexity index is 156. The van der Waals surface area contributed by atoms with Gasteiger partial charge in [0, 0.05) is 6.04 Å². The second-order valence-electron chi connectivity index (χ2n) is 3.94. The van der Waals surface area contributed by atoms with Crippen LogP contribution in [0.1, 0.15) is 46.0 Å². The zero-order chi connectivity index (χ0) is 11.0. The normalized spacial score (nSPS) is 17.1. The van der Waals surface area contributed by atoms with Gasteiger partial charge < -0.3 is 5.73 Å². The van der Waals surface area contributed by atoms with Gasteiger partial charge in [-0.2, -0.15) is 0 Å². The summed E-state index contributed by atoms with van der Waals surface area (Å²) in [6.45, 7) is 3.42. The highest BCUT2D eigenvalue weighted by Gasteiger charge is 2.06. The van der Waals surface area contributed by atoms with Crippen molar-refractivity contribution in [2.45, 2.75) is 58.0 Å². The van der Waals surface area contributed by atoms with Crippen LogP contribution in [0.4, 0.5) is 0 Å². The lowest BCUT2D eigenvalue weighted by molar-refractivity contribution is -0.549. The molecule has 0 aromatic rings. The number of nitrogens with two attached hydrogens (primary N) is 1. The first-order valence-corrected chi connectivity index (χ1v) is 5.18. The van der Waals surface area contributed by atoms with E-state index < -0.39 is 5.03 Å². The fourth-order valence-electron chi connectivity index (χ4n) is 1.34. The van der Waals surface area contributed by atoms with Gasteiger partial charge in [0.25, 0.3) is 0 Å². The Kier molecular flexibility index (Phi) is 7.10. The van der Waals surface area contributed by atoms with E-state index in [2.05, 4.69) is 0 Å². The second kappa shape index (κ2) is 7.55. The SMILES string of the molecule is CC(C)N[N+](=O)[O-].NC1CCCCC1. The maximum atomic E-state index is 9.50. The monoisotopic (exact) mass is 203 g/mol. The summed E-state index contributed by atoms with van der Waals surface area (Å²) in [5.41, 5.74) is 7.66. The molecule has 0 unspecified atom stereocenters. The van der Waals surface area contributed by atoms with Crippen molar-refractivity contribution in [1.82, 2.24) is 5.43 Å². The van der Waals surface area contributed by atoms with Crippen molar-refractivity contribution in [2.24, 2.45) is 5.73 Å². The molecule has 5 nitrogen and oxygen atoms in total. The maximum Gasteiger partial charge on any atom is 0.157 e. The van der Waals surface area contributed by atoms with Crippen LogP contribution in [0.5, 0.6) is 0 Å². The zero-order valence-electron chi connectivity index (χ0n) is 9.03. The lowest BCUT2D eigenvalue weighted by Crippen LogP contribution is -2.28. The highest BCUT2D eigenvalue weighted by atomic mass is 16.7. The molecule has 0 spiro atoms. The van der Waals surface area contributed by atoms with Crippen LogP contribution < -0.4 is 11.2 Å². The molecular weight excluding hydrogens is 182 g/mol. The lowest BCUT2D eigenvalue weighted by Gasteiger charge is -2.15. The first kappa shape index (κ1) is 13.2. The Morgan fingerprint density at radius 1 is 1.36 bits per heavy atom. The van der Waals surface area contributed by atoms with E-state index in [1.165, 1.54) is 32.1 Å². The molecule has 0 aromatic carbocycles. The van der Waals surface area contributed by atoms with E-state index in [0.717, 1.165) is 0 Å². The number of nitro groups is 1. The zero-order valence-corrected chi connectivity index (χ0v) is 9.03. The maximum absolute atomic E-state index is 9.50. The van der Waals surface area contributed by atoms with Gasteiger partial charge in [0.05, 0.1) is 6.04 Å². The van der Waals surface area contributed by atoms with Gasteiger partial charge in [0.1, 0.15) is 0 Å². The van der Waals surface area contributed by atoms with Crippen LogP contribution in [0.25, 0.3) is 0 Å². The molecule has 0 atom stereocenters. The predicted molar refractivity (Wildman–Crippen MR) is 56.3 cm³/mol. The highest BCUT2D eigenvalue weighted by molar-refractivity contribution is 4.66. The van der Waals surface area contributed by atoms with Crippen molar-refractivity contribution in [3.8, 4) is 0 Å². The molecule has 14 heavy (non-hydrogen) atoms. The Hall–Kier alpha value is -0.840. The summed E-state index contributed by atoms with van der Waals surface area (Å²) in [7, 11) is 0. The van der Waals surface area contributed by atoms with Gasteiger partial charge in [0.2, 0.25) is 0 Å². The molecule has 84 valence electrons. The van der Waals surface area contributed by atoms with Crippen LogP contribution in [0.15, 0.2) is 0 Å². The molecule has 1 aliphatic rings. The van der Waals surface area contributed by atoms with Crippen LogP contribution in [-0.2, 0) is 0 Å². The Labute approximate surface area is 85.2 Å². The van der Waals surface area contributed by atoms with E-state index in [1.54, 1.807) is 13.8 Å². The number of hydrogen-bond acceptors (Lipinski definition) is 3. The van der Waals surface area contributed by atoms with Gasteiger partial charge in [-0.05, 0) is 26.7 Å². The third-order valence-corrected chi connectivity index (χ3v) is 2.01. The molecule has 1 rings (SSSR count). The van der Waals surface area contributed by atoms with E-state index in [0.29, 0.717) is 6.04 Å². The Balaban J connectivity index is 0.000000241. The summed E-state index contributed by atoms with van der Waals surface area (Å²) in [6, 6.07) is 0.462. The summed E-state index contributed by atoms with van der Waals surface area (Å²) in [6.07, 6.45) is 6.66. The third kappa shape index (κ3) is 9.25. The molecule has 1 saturated carbocycles. The standard InChI is InChI=1S/C6H13N.C3H8N2O2/c7-6-4-2-1-3-5-6;1-3(2)4-5(6)7/h6H,1-5,7H2;3-4H,1-2H3. The molecule has 0 aliphatic heterocycles.